The fourth-order valence-corrected chi connectivity index (χ4v) is 3.05. The summed E-state index contributed by atoms with van der Waals surface area (Å²) in [5.74, 6) is -0.273. The second-order valence-electron chi connectivity index (χ2n) is 6.45. The number of aryl methyl sites for hydroxylation is 3. The number of rotatable bonds is 5. The molecule has 1 N–H and O–H groups in total. The Balaban J connectivity index is 1.99. The molecule has 3 rings (SSSR count). The van der Waals surface area contributed by atoms with Crippen LogP contribution in [0, 0.1) is 20.8 Å². The Labute approximate surface area is 153 Å². The maximum Gasteiger partial charge on any atom is 0.341 e. The normalized spacial score (nSPS) is 10.6. The van der Waals surface area contributed by atoms with Gasteiger partial charge in [0.05, 0.1) is 0 Å². The van der Waals surface area contributed by atoms with Gasteiger partial charge >= 0.3 is 5.97 Å². The molecule has 0 radical (unpaired) electrons. The van der Waals surface area contributed by atoms with Crippen LogP contribution in [-0.2, 0) is 6.42 Å². The Kier molecular flexibility index (Phi) is 5.03. The van der Waals surface area contributed by atoms with E-state index in [1.807, 2.05) is 63.2 Å². The van der Waals surface area contributed by atoms with Crippen LogP contribution in [0.15, 0.2) is 54.6 Å². The number of pyridine rings is 1. The monoisotopic (exact) mass is 347 g/mol. The third-order valence-electron chi connectivity index (χ3n) is 4.18. The van der Waals surface area contributed by atoms with Gasteiger partial charge in [-0.25, -0.2) is 9.78 Å². The molecule has 0 aliphatic heterocycles. The van der Waals surface area contributed by atoms with Crippen molar-refractivity contribution in [3.63, 3.8) is 0 Å². The summed E-state index contributed by atoms with van der Waals surface area (Å²) in [6.45, 7) is 5.92. The molecule has 1 aromatic heterocycles. The van der Waals surface area contributed by atoms with Gasteiger partial charge in [-0.05, 0) is 49.6 Å². The highest BCUT2D eigenvalue weighted by atomic mass is 16.5. The Bertz CT molecular complexity index is 926. The highest BCUT2D eigenvalue weighted by Gasteiger charge is 2.17. The van der Waals surface area contributed by atoms with Gasteiger partial charge in [-0.1, -0.05) is 48.0 Å². The summed E-state index contributed by atoms with van der Waals surface area (Å²) in [5.41, 5.74) is 4.97. The molecule has 0 unspecified atom stereocenters. The number of carboxylic acids is 1. The van der Waals surface area contributed by atoms with Crippen LogP contribution in [0.25, 0.3) is 0 Å². The first-order valence-corrected chi connectivity index (χ1v) is 8.47. The fraction of sp³-hybridized carbons (Fsp3) is 0.182. The molecular weight excluding hydrogens is 326 g/mol. The summed E-state index contributed by atoms with van der Waals surface area (Å²) in [5, 5.41) is 9.49. The summed E-state index contributed by atoms with van der Waals surface area (Å²) >= 11 is 0. The molecule has 1 heterocycles. The van der Waals surface area contributed by atoms with E-state index in [0.29, 0.717) is 12.2 Å². The van der Waals surface area contributed by atoms with Crippen molar-refractivity contribution in [2.75, 3.05) is 0 Å². The van der Waals surface area contributed by atoms with Gasteiger partial charge in [-0.3, -0.25) is 0 Å². The smallest absolute Gasteiger partial charge is 0.341 e. The van der Waals surface area contributed by atoms with E-state index < -0.39 is 5.97 Å². The van der Waals surface area contributed by atoms with Crippen LogP contribution in [0.2, 0.25) is 0 Å². The molecule has 0 amide bonds. The number of aromatic nitrogens is 1. The Hall–Kier alpha value is -3.14. The van der Waals surface area contributed by atoms with Crippen LogP contribution in [0.3, 0.4) is 0 Å². The zero-order valence-electron chi connectivity index (χ0n) is 15.1. The van der Waals surface area contributed by atoms with Crippen molar-refractivity contribution >= 4 is 5.97 Å². The Morgan fingerprint density at radius 2 is 1.65 bits per heavy atom. The maximum absolute atomic E-state index is 11.6. The highest BCUT2D eigenvalue weighted by molar-refractivity contribution is 5.90. The molecule has 0 bridgehead atoms. The SMILES string of the molecule is Cc1cc(C)c(Oc2nc(Cc3ccccc3)ccc2C(=O)O)c(C)c1. The van der Waals surface area contributed by atoms with Gasteiger partial charge in [0.2, 0.25) is 5.88 Å². The molecule has 4 heteroatoms. The molecule has 0 spiro atoms. The molecule has 0 saturated heterocycles. The molecule has 132 valence electrons. The molecule has 0 fully saturated rings. The first-order valence-electron chi connectivity index (χ1n) is 8.47. The summed E-state index contributed by atoms with van der Waals surface area (Å²) in [4.78, 5) is 16.1. The Morgan fingerprint density at radius 1 is 1.00 bits per heavy atom. The molecular formula is C22H21NO3. The van der Waals surface area contributed by atoms with E-state index in [1.54, 1.807) is 12.1 Å². The van der Waals surface area contributed by atoms with Gasteiger partial charge in [0.1, 0.15) is 11.3 Å². The van der Waals surface area contributed by atoms with Crippen molar-refractivity contribution in [1.82, 2.24) is 4.98 Å². The fourth-order valence-electron chi connectivity index (χ4n) is 3.05. The first-order chi connectivity index (χ1) is 12.4. The third-order valence-corrected chi connectivity index (χ3v) is 4.18. The predicted octanol–water partition coefficient (Wildman–Crippen LogP) is 5.09. The topological polar surface area (TPSA) is 59.4 Å². The maximum atomic E-state index is 11.6. The van der Waals surface area contributed by atoms with Gasteiger partial charge in [-0.15, -0.1) is 0 Å². The van der Waals surface area contributed by atoms with E-state index in [9.17, 15) is 9.90 Å². The minimum Gasteiger partial charge on any atom is -0.477 e. The number of nitrogens with zero attached hydrogens (tertiary/aromatic N) is 1. The minimum absolute atomic E-state index is 0.0567. The van der Waals surface area contributed by atoms with Gasteiger partial charge in [0, 0.05) is 12.1 Å². The van der Waals surface area contributed by atoms with Crippen molar-refractivity contribution < 1.29 is 14.6 Å². The zero-order chi connectivity index (χ0) is 18.7. The zero-order valence-corrected chi connectivity index (χ0v) is 15.1. The third kappa shape index (κ3) is 3.91. The van der Waals surface area contributed by atoms with Crippen LogP contribution in [0.1, 0.15) is 38.3 Å². The second-order valence-corrected chi connectivity index (χ2v) is 6.45. The van der Waals surface area contributed by atoms with Crippen LogP contribution < -0.4 is 4.74 Å². The summed E-state index contributed by atoms with van der Waals surface area (Å²) in [6, 6.07) is 17.2. The quantitative estimate of drug-likeness (QED) is 0.698. The van der Waals surface area contributed by atoms with Crippen molar-refractivity contribution in [2.45, 2.75) is 27.2 Å². The van der Waals surface area contributed by atoms with E-state index in [1.165, 1.54) is 0 Å². The van der Waals surface area contributed by atoms with Gasteiger partial charge in [0.15, 0.2) is 0 Å². The molecule has 0 aliphatic rings. The van der Waals surface area contributed by atoms with Crippen molar-refractivity contribution in [3.8, 4) is 11.6 Å². The van der Waals surface area contributed by atoms with Gasteiger partial charge in [-0.2, -0.15) is 0 Å². The first kappa shape index (κ1) is 17.7. The molecule has 0 atom stereocenters. The lowest BCUT2D eigenvalue weighted by atomic mass is 10.1. The van der Waals surface area contributed by atoms with E-state index in [-0.39, 0.29) is 11.4 Å². The van der Waals surface area contributed by atoms with Crippen LogP contribution >= 0.6 is 0 Å². The lowest BCUT2D eigenvalue weighted by Crippen LogP contribution is -2.05. The van der Waals surface area contributed by atoms with Crippen LogP contribution in [0.5, 0.6) is 11.6 Å². The van der Waals surface area contributed by atoms with E-state index >= 15 is 0 Å². The number of hydrogen-bond donors (Lipinski definition) is 1. The molecule has 4 nitrogen and oxygen atoms in total. The summed E-state index contributed by atoms with van der Waals surface area (Å²) in [7, 11) is 0. The minimum atomic E-state index is -1.05. The molecule has 2 aromatic carbocycles. The van der Waals surface area contributed by atoms with E-state index in [4.69, 9.17) is 4.74 Å². The number of carboxylic acid groups (broad SMARTS) is 1. The van der Waals surface area contributed by atoms with E-state index in [2.05, 4.69) is 4.98 Å². The van der Waals surface area contributed by atoms with Gasteiger partial charge < -0.3 is 9.84 Å². The van der Waals surface area contributed by atoms with E-state index in [0.717, 1.165) is 27.9 Å². The lowest BCUT2D eigenvalue weighted by Gasteiger charge is -2.14. The van der Waals surface area contributed by atoms with Gasteiger partial charge in [0.25, 0.3) is 0 Å². The number of benzene rings is 2. The molecule has 3 aromatic rings. The standard InChI is InChI=1S/C22H21NO3/c1-14-11-15(2)20(16(3)12-14)26-21-19(22(24)25)10-9-18(23-21)13-17-7-5-4-6-8-17/h4-12H,13H2,1-3H3,(H,24,25). The average Bonchev–Trinajstić information content (AvgIpc) is 2.59. The number of aromatic carboxylic acids is 1. The molecule has 26 heavy (non-hydrogen) atoms. The molecule has 0 aliphatic carbocycles. The number of ether oxygens (including phenoxy) is 1. The number of hydrogen-bond acceptors (Lipinski definition) is 3. The lowest BCUT2D eigenvalue weighted by molar-refractivity contribution is 0.0693. The highest BCUT2D eigenvalue weighted by Crippen LogP contribution is 2.31. The Morgan fingerprint density at radius 3 is 2.27 bits per heavy atom. The second kappa shape index (κ2) is 7.40. The van der Waals surface area contributed by atoms with Crippen LogP contribution in [-0.4, -0.2) is 16.1 Å². The van der Waals surface area contributed by atoms with Crippen molar-refractivity contribution in [1.29, 1.82) is 0 Å². The molecule has 0 saturated carbocycles. The summed E-state index contributed by atoms with van der Waals surface area (Å²) < 4.78 is 5.97. The average molecular weight is 347 g/mol. The predicted molar refractivity (Wildman–Crippen MR) is 101 cm³/mol. The number of carbonyl (C=O) groups is 1. The van der Waals surface area contributed by atoms with Crippen LogP contribution in [0.4, 0.5) is 0 Å². The van der Waals surface area contributed by atoms with Crippen molar-refractivity contribution in [2.24, 2.45) is 0 Å². The largest absolute Gasteiger partial charge is 0.477 e. The van der Waals surface area contributed by atoms with Crippen molar-refractivity contribution in [3.05, 3.63) is 88.1 Å². The summed E-state index contributed by atoms with van der Waals surface area (Å²) in [6.07, 6.45) is 0.614.